The van der Waals surface area contributed by atoms with Crippen LogP contribution in [0, 0.1) is 0 Å². The van der Waals surface area contributed by atoms with E-state index in [1.165, 1.54) is 0 Å². The molecule has 1 aromatic heterocycles. The predicted octanol–water partition coefficient (Wildman–Crippen LogP) is 3.29. The van der Waals surface area contributed by atoms with E-state index < -0.39 is 0 Å². The first kappa shape index (κ1) is 15.3. The Bertz CT molecular complexity index is 434. The van der Waals surface area contributed by atoms with Gasteiger partial charge in [-0.15, -0.1) is 0 Å². The molecule has 1 N–H and O–H groups in total. The average molecular weight is 300 g/mol. The molecule has 0 aliphatic carbocycles. The van der Waals surface area contributed by atoms with E-state index in [0.717, 1.165) is 25.8 Å². The number of halogens is 1. The molecule has 1 fully saturated rings. The Morgan fingerprint density at radius 3 is 2.75 bits per heavy atom. The molecule has 0 bridgehead atoms. The highest BCUT2D eigenvalue weighted by molar-refractivity contribution is 6.31. The molecule has 1 saturated heterocycles. The fourth-order valence-corrected chi connectivity index (χ4v) is 2.49. The zero-order valence-electron chi connectivity index (χ0n) is 12.2. The first-order valence-electron chi connectivity index (χ1n) is 7.17. The summed E-state index contributed by atoms with van der Waals surface area (Å²) in [6.45, 7) is 7.03. The van der Waals surface area contributed by atoms with Crippen molar-refractivity contribution < 1.29 is 9.47 Å². The molecule has 20 heavy (non-hydrogen) atoms. The minimum atomic E-state index is 0.0835. The van der Waals surface area contributed by atoms with Gasteiger partial charge in [-0.25, -0.2) is 4.98 Å². The van der Waals surface area contributed by atoms with Crippen LogP contribution < -0.4 is 10.1 Å². The number of ether oxygens (including phenoxy) is 2. The van der Waals surface area contributed by atoms with Gasteiger partial charge in [0.05, 0.1) is 18.4 Å². The van der Waals surface area contributed by atoms with Gasteiger partial charge in [0, 0.05) is 19.4 Å². The van der Waals surface area contributed by atoms with Crippen molar-refractivity contribution in [2.45, 2.75) is 58.3 Å². The SMILES string of the molecule is CCCNc1ncc(Cl)c(OC2CC(C)OC(C)C2)n1. The summed E-state index contributed by atoms with van der Waals surface area (Å²) in [6, 6.07) is 0. The number of rotatable bonds is 5. The summed E-state index contributed by atoms with van der Waals surface area (Å²) in [5, 5.41) is 3.57. The summed E-state index contributed by atoms with van der Waals surface area (Å²) >= 11 is 6.11. The molecule has 0 spiro atoms. The van der Waals surface area contributed by atoms with E-state index >= 15 is 0 Å². The van der Waals surface area contributed by atoms with Gasteiger partial charge in [-0.1, -0.05) is 18.5 Å². The van der Waals surface area contributed by atoms with Crippen LogP contribution in [0.1, 0.15) is 40.0 Å². The monoisotopic (exact) mass is 299 g/mol. The zero-order valence-corrected chi connectivity index (χ0v) is 13.0. The van der Waals surface area contributed by atoms with E-state index in [0.29, 0.717) is 16.9 Å². The molecular formula is C14H22ClN3O2. The van der Waals surface area contributed by atoms with Gasteiger partial charge in [-0.05, 0) is 20.3 Å². The maximum Gasteiger partial charge on any atom is 0.237 e. The highest BCUT2D eigenvalue weighted by Gasteiger charge is 2.26. The third kappa shape index (κ3) is 4.21. The molecule has 1 aliphatic rings. The molecule has 2 unspecified atom stereocenters. The molecule has 2 atom stereocenters. The minimum Gasteiger partial charge on any atom is -0.473 e. The van der Waals surface area contributed by atoms with Crippen LogP contribution in [0.25, 0.3) is 0 Å². The van der Waals surface area contributed by atoms with Crippen molar-refractivity contribution in [3.8, 4) is 5.88 Å². The van der Waals surface area contributed by atoms with Crippen LogP contribution in [0.5, 0.6) is 5.88 Å². The number of hydrogen-bond donors (Lipinski definition) is 1. The van der Waals surface area contributed by atoms with Crippen molar-refractivity contribution in [2.24, 2.45) is 0 Å². The highest BCUT2D eigenvalue weighted by atomic mass is 35.5. The number of hydrogen-bond acceptors (Lipinski definition) is 5. The Balaban J connectivity index is 2.03. The maximum absolute atomic E-state index is 6.11. The molecule has 112 valence electrons. The van der Waals surface area contributed by atoms with Crippen molar-refractivity contribution >= 4 is 17.5 Å². The van der Waals surface area contributed by atoms with Gasteiger partial charge in [-0.2, -0.15) is 4.98 Å². The standard InChI is InChI=1S/C14H22ClN3O2/c1-4-5-16-14-17-8-12(15)13(18-14)20-11-6-9(2)19-10(3)7-11/h8-11H,4-7H2,1-3H3,(H,16,17,18). The lowest BCUT2D eigenvalue weighted by atomic mass is 10.0. The van der Waals surface area contributed by atoms with Crippen molar-refractivity contribution in [3.05, 3.63) is 11.2 Å². The summed E-state index contributed by atoms with van der Waals surface area (Å²) in [4.78, 5) is 8.48. The third-order valence-electron chi connectivity index (χ3n) is 3.18. The Morgan fingerprint density at radius 1 is 1.40 bits per heavy atom. The molecule has 0 radical (unpaired) electrons. The molecule has 0 saturated carbocycles. The quantitative estimate of drug-likeness (QED) is 0.904. The molecule has 0 aromatic carbocycles. The minimum absolute atomic E-state index is 0.0835. The summed E-state index contributed by atoms with van der Waals surface area (Å²) in [5.41, 5.74) is 0. The lowest BCUT2D eigenvalue weighted by Gasteiger charge is -2.32. The summed E-state index contributed by atoms with van der Waals surface area (Å²) in [6.07, 6.45) is 4.76. The van der Waals surface area contributed by atoms with Crippen LogP contribution in [0.3, 0.4) is 0 Å². The van der Waals surface area contributed by atoms with Gasteiger partial charge >= 0.3 is 0 Å². The lowest BCUT2D eigenvalue weighted by Crippen LogP contribution is -2.36. The van der Waals surface area contributed by atoms with Gasteiger partial charge < -0.3 is 14.8 Å². The summed E-state index contributed by atoms with van der Waals surface area (Å²) in [7, 11) is 0. The van der Waals surface area contributed by atoms with E-state index in [1.54, 1.807) is 6.20 Å². The molecule has 2 rings (SSSR count). The average Bonchev–Trinajstić information content (AvgIpc) is 2.38. The maximum atomic E-state index is 6.11. The molecule has 6 heteroatoms. The number of nitrogens with zero attached hydrogens (tertiary/aromatic N) is 2. The first-order valence-corrected chi connectivity index (χ1v) is 7.54. The summed E-state index contributed by atoms with van der Waals surface area (Å²) < 4.78 is 11.6. The first-order chi connectivity index (χ1) is 9.58. The van der Waals surface area contributed by atoms with E-state index in [9.17, 15) is 0 Å². The molecule has 2 heterocycles. The van der Waals surface area contributed by atoms with Crippen LogP contribution in [0.2, 0.25) is 5.02 Å². The fraction of sp³-hybridized carbons (Fsp3) is 0.714. The topological polar surface area (TPSA) is 56.3 Å². The Morgan fingerprint density at radius 2 is 2.10 bits per heavy atom. The van der Waals surface area contributed by atoms with E-state index in [2.05, 4.69) is 36.1 Å². The third-order valence-corrected chi connectivity index (χ3v) is 3.44. The second-order valence-corrected chi connectivity index (χ2v) is 5.65. The molecule has 1 aliphatic heterocycles. The Kier molecular flexibility index (Phi) is 5.43. The van der Waals surface area contributed by atoms with Gasteiger partial charge in [0.1, 0.15) is 11.1 Å². The Labute approximate surface area is 125 Å². The van der Waals surface area contributed by atoms with Crippen molar-refractivity contribution in [2.75, 3.05) is 11.9 Å². The molecular weight excluding hydrogens is 278 g/mol. The zero-order chi connectivity index (χ0) is 14.5. The van der Waals surface area contributed by atoms with E-state index in [-0.39, 0.29) is 18.3 Å². The van der Waals surface area contributed by atoms with E-state index in [1.807, 2.05) is 0 Å². The van der Waals surface area contributed by atoms with E-state index in [4.69, 9.17) is 21.1 Å². The molecule has 5 nitrogen and oxygen atoms in total. The van der Waals surface area contributed by atoms with Gasteiger partial charge in [0.15, 0.2) is 0 Å². The molecule has 0 amide bonds. The largest absolute Gasteiger partial charge is 0.473 e. The number of nitrogens with one attached hydrogen (secondary N) is 1. The van der Waals surface area contributed by atoms with Gasteiger partial charge in [-0.3, -0.25) is 0 Å². The van der Waals surface area contributed by atoms with Crippen LogP contribution in [0.15, 0.2) is 6.20 Å². The number of anilines is 1. The van der Waals surface area contributed by atoms with Crippen LogP contribution in [0.4, 0.5) is 5.95 Å². The van der Waals surface area contributed by atoms with Crippen molar-refractivity contribution in [3.63, 3.8) is 0 Å². The Hall–Kier alpha value is -1.07. The summed E-state index contributed by atoms with van der Waals surface area (Å²) in [5.74, 6) is 1.01. The lowest BCUT2D eigenvalue weighted by molar-refractivity contribution is -0.0729. The van der Waals surface area contributed by atoms with Crippen molar-refractivity contribution in [1.82, 2.24) is 9.97 Å². The predicted molar refractivity (Wildman–Crippen MR) is 79.5 cm³/mol. The van der Waals surface area contributed by atoms with Crippen LogP contribution in [-0.4, -0.2) is 34.8 Å². The van der Waals surface area contributed by atoms with Gasteiger partial charge in [0.25, 0.3) is 0 Å². The molecule has 1 aromatic rings. The second kappa shape index (κ2) is 7.09. The highest BCUT2D eigenvalue weighted by Crippen LogP contribution is 2.28. The van der Waals surface area contributed by atoms with Crippen LogP contribution in [-0.2, 0) is 4.74 Å². The van der Waals surface area contributed by atoms with Gasteiger partial charge in [0.2, 0.25) is 11.8 Å². The smallest absolute Gasteiger partial charge is 0.237 e. The second-order valence-electron chi connectivity index (χ2n) is 5.24. The van der Waals surface area contributed by atoms with Crippen molar-refractivity contribution in [1.29, 1.82) is 0 Å². The van der Waals surface area contributed by atoms with Crippen LogP contribution >= 0.6 is 11.6 Å². The number of aromatic nitrogens is 2. The fourth-order valence-electron chi connectivity index (χ4n) is 2.35. The normalized spacial score (nSPS) is 26.3.